The summed E-state index contributed by atoms with van der Waals surface area (Å²) in [7, 11) is 0. The molecule has 0 aromatic carbocycles. The first kappa shape index (κ1) is 15.7. The van der Waals surface area contributed by atoms with Crippen LogP contribution in [-0.4, -0.2) is 36.1 Å². The van der Waals surface area contributed by atoms with Crippen LogP contribution in [0.4, 0.5) is 0 Å². The van der Waals surface area contributed by atoms with Crippen LogP contribution in [0.15, 0.2) is 21.2 Å². The highest BCUT2D eigenvalue weighted by molar-refractivity contribution is 9.10. The fourth-order valence-electron chi connectivity index (χ4n) is 1.29. The number of carbonyl (C=O) groups is 2. The molecule has 106 valence electrons. The minimum atomic E-state index is -0.455. The second kappa shape index (κ2) is 7.30. The average Bonchev–Trinajstić information content (AvgIpc) is 2.81. The number of furan rings is 1. The van der Waals surface area contributed by atoms with Gasteiger partial charge in [0.15, 0.2) is 10.4 Å². The molecule has 0 bridgehead atoms. The Bertz CT molecular complexity index is 447. The van der Waals surface area contributed by atoms with Gasteiger partial charge in [0.25, 0.3) is 5.91 Å². The summed E-state index contributed by atoms with van der Waals surface area (Å²) in [6.07, 6.45) is 0. The van der Waals surface area contributed by atoms with Gasteiger partial charge in [-0.3, -0.25) is 9.59 Å². The third kappa shape index (κ3) is 5.04. The number of halogens is 1. The maximum Gasteiger partial charge on any atom is 0.287 e. The lowest BCUT2D eigenvalue weighted by atomic mass is 10.1. The molecule has 0 saturated carbocycles. The highest BCUT2D eigenvalue weighted by Crippen LogP contribution is 2.13. The van der Waals surface area contributed by atoms with Gasteiger partial charge in [0.1, 0.15) is 0 Å². The van der Waals surface area contributed by atoms with E-state index in [0.717, 1.165) is 0 Å². The second-order valence-electron chi connectivity index (χ2n) is 4.30. The van der Waals surface area contributed by atoms with Crippen molar-refractivity contribution < 1.29 is 19.1 Å². The van der Waals surface area contributed by atoms with Crippen LogP contribution in [0.2, 0.25) is 0 Å². The number of aliphatic hydroxyl groups is 1. The van der Waals surface area contributed by atoms with Crippen LogP contribution in [0.1, 0.15) is 24.4 Å². The highest BCUT2D eigenvalue weighted by Gasteiger charge is 2.15. The lowest BCUT2D eigenvalue weighted by molar-refractivity contribution is -0.121. The molecule has 2 amide bonds. The predicted octanol–water partition coefficient (Wildman–Crippen LogP) is 0.905. The van der Waals surface area contributed by atoms with Crippen LogP contribution in [0.5, 0.6) is 0 Å². The van der Waals surface area contributed by atoms with Crippen molar-refractivity contribution in [3.63, 3.8) is 0 Å². The van der Waals surface area contributed by atoms with Crippen LogP contribution in [0.3, 0.4) is 0 Å². The Morgan fingerprint density at radius 1 is 1.42 bits per heavy atom. The quantitative estimate of drug-likeness (QED) is 0.721. The van der Waals surface area contributed by atoms with Gasteiger partial charge in [-0.05, 0) is 40.9 Å². The molecular weight excluding hydrogens is 316 g/mol. The van der Waals surface area contributed by atoms with E-state index in [1.807, 2.05) is 6.92 Å². The predicted molar refractivity (Wildman–Crippen MR) is 72.6 cm³/mol. The average molecular weight is 333 g/mol. The smallest absolute Gasteiger partial charge is 0.287 e. The zero-order valence-electron chi connectivity index (χ0n) is 10.8. The minimum Gasteiger partial charge on any atom is -0.444 e. The van der Waals surface area contributed by atoms with E-state index in [2.05, 4.69) is 26.6 Å². The fraction of sp³-hybridized carbons (Fsp3) is 0.500. The molecule has 7 heteroatoms. The summed E-state index contributed by atoms with van der Waals surface area (Å²) in [6, 6.07) is 2.94. The highest BCUT2D eigenvalue weighted by atomic mass is 79.9. The lowest BCUT2D eigenvalue weighted by Crippen LogP contribution is -2.43. The first-order valence-electron chi connectivity index (χ1n) is 5.87. The number of amides is 2. The van der Waals surface area contributed by atoms with Gasteiger partial charge in [0.2, 0.25) is 5.91 Å². The van der Waals surface area contributed by atoms with Gasteiger partial charge in [-0.25, -0.2) is 0 Å². The number of rotatable bonds is 6. The Morgan fingerprint density at radius 2 is 2.11 bits per heavy atom. The monoisotopic (exact) mass is 332 g/mol. The van der Waals surface area contributed by atoms with Crippen LogP contribution >= 0.6 is 15.9 Å². The van der Waals surface area contributed by atoms with E-state index < -0.39 is 5.91 Å². The summed E-state index contributed by atoms with van der Waals surface area (Å²) in [6.45, 7) is 3.47. The van der Waals surface area contributed by atoms with Gasteiger partial charge in [-0.1, -0.05) is 6.92 Å². The topological polar surface area (TPSA) is 91.6 Å². The molecule has 0 spiro atoms. The molecule has 1 aromatic rings. The zero-order valence-corrected chi connectivity index (χ0v) is 12.4. The summed E-state index contributed by atoms with van der Waals surface area (Å²) < 4.78 is 5.51. The van der Waals surface area contributed by atoms with Crippen LogP contribution in [0.25, 0.3) is 0 Å². The molecular formula is C12H17BrN2O4. The van der Waals surface area contributed by atoms with Crippen molar-refractivity contribution in [3.8, 4) is 0 Å². The summed E-state index contributed by atoms with van der Waals surface area (Å²) in [5, 5.41) is 14.1. The van der Waals surface area contributed by atoms with Crippen molar-refractivity contribution in [3.05, 3.63) is 22.6 Å². The minimum absolute atomic E-state index is 0.00573. The standard InChI is InChI=1S/C12H17BrN2O4/c1-7(6-16)8(2)15-11(17)5-14-12(18)9-3-4-10(13)19-9/h3-4,7-8,16H,5-6H2,1-2H3,(H,14,18)(H,15,17). The maximum absolute atomic E-state index is 11.6. The SMILES string of the molecule is CC(CO)C(C)NC(=O)CNC(=O)c1ccc(Br)o1. The largest absolute Gasteiger partial charge is 0.444 e. The number of hydrogen-bond acceptors (Lipinski definition) is 4. The van der Waals surface area contributed by atoms with E-state index in [1.54, 1.807) is 13.0 Å². The first-order valence-corrected chi connectivity index (χ1v) is 6.67. The van der Waals surface area contributed by atoms with Crippen molar-refractivity contribution in [1.82, 2.24) is 10.6 Å². The van der Waals surface area contributed by atoms with Gasteiger partial charge in [0, 0.05) is 12.6 Å². The molecule has 3 N–H and O–H groups in total. The van der Waals surface area contributed by atoms with Crippen molar-refractivity contribution in [1.29, 1.82) is 0 Å². The van der Waals surface area contributed by atoms with Crippen molar-refractivity contribution in [2.45, 2.75) is 19.9 Å². The lowest BCUT2D eigenvalue weighted by Gasteiger charge is -2.19. The van der Waals surface area contributed by atoms with E-state index in [-0.39, 0.29) is 36.8 Å². The summed E-state index contributed by atoms with van der Waals surface area (Å²) in [5.74, 6) is -0.674. The Morgan fingerprint density at radius 3 is 2.63 bits per heavy atom. The molecule has 19 heavy (non-hydrogen) atoms. The molecule has 1 rings (SSSR count). The fourth-order valence-corrected chi connectivity index (χ4v) is 1.60. The molecule has 0 saturated heterocycles. The van der Waals surface area contributed by atoms with Crippen LogP contribution in [0, 0.1) is 5.92 Å². The number of aliphatic hydroxyl groups excluding tert-OH is 1. The molecule has 2 atom stereocenters. The Kier molecular flexibility index (Phi) is 6.04. The van der Waals surface area contributed by atoms with E-state index >= 15 is 0 Å². The zero-order chi connectivity index (χ0) is 14.4. The third-order valence-electron chi connectivity index (χ3n) is 2.74. The molecule has 2 unspecified atom stereocenters. The molecule has 1 heterocycles. The Balaban J connectivity index is 2.36. The van der Waals surface area contributed by atoms with Gasteiger partial charge in [0.05, 0.1) is 6.54 Å². The van der Waals surface area contributed by atoms with Crippen molar-refractivity contribution >= 4 is 27.7 Å². The van der Waals surface area contributed by atoms with E-state index in [9.17, 15) is 9.59 Å². The second-order valence-corrected chi connectivity index (χ2v) is 5.08. The molecule has 6 nitrogen and oxygen atoms in total. The van der Waals surface area contributed by atoms with E-state index in [4.69, 9.17) is 9.52 Å². The molecule has 1 aromatic heterocycles. The molecule has 0 aliphatic carbocycles. The van der Waals surface area contributed by atoms with Gasteiger partial charge in [-0.15, -0.1) is 0 Å². The molecule has 0 fully saturated rings. The Hall–Kier alpha value is -1.34. The maximum atomic E-state index is 11.6. The van der Waals surface area contributed by atoms with E-state index in [0.29, 0.717) is 4.67 Å². The number of nitrogens with one attached hydrogen (secondary N) is 2. The summed E-state index contributed by atoms with van der Waals surface area (Å²) >= 11 is 3.09. The van der Waals surface area contributed by atoms with Gasteiger partial charge < -0.3 is 20.2 Å². The molecule has 0 radical (unpaired) electrons. The third-order valence-corrected chi connectivity index (χ3v) is 3.16. The number of hydrogen-bond donors (Lipinski definition) is 3. The molecule has 0 aliphatic heterocycles. The van der Waals surface area contributed by atoms with Crippen LogP contribution in [-0.2, 0) is 4.79 Å². The van der Waals surface area contributed by atoms with Crippen LogP contribution < -0.4 is 10.6 Å². The van der Waals surface area contributed by atoms with Gasteiger partial charge in [-0.2, -0.15) is 0 Å². The molecule has 0 aliphatic rings. The normalized spacial score (nSPS) is 13.7. The van der Waals surface area contributed by atoms with Crippen molar-refractivity contribution in [2.75, 3.05) is 13.2 Å². The first-order chi connectivity index (χ1) is 8.93. The van der Waals surface area contributed by atoms with E-state index in [1.165, 1.54) is 6.07 Å². The summed E-state index contributed by atoms with van der Waals surface area (Å²) in [5.41, 5.74) is 0. The number of carbonyl (C=O) groups excluding carboxylic acids is 2. The van der Waals surface area contributed by atoms with Gasteiger partial charge >= 0.3 is 0 Å². The Labute approximate surface area is 119 Å². The summed E-state index contributed by atoms with van der Waals surface area (Å²) in [4.78, 5) is 23.2. The van der Waals surface area contributed by atoms with Crippen molar-refractivity contribution in [2.24, 2.45) is 5.92 Å².